The van der Waals surface area contributed by atoms with Crippen LogP contribution in [0, 0.1) is 0 Å². The first-order valence-corrected chi connectivity index (χ1v) is 7.97. The Morgan fingerprint density at radius 3 is 2.57 bits per heavy atom. The van der Waals surface area contributed by atoms with Crippen molar-refractivity contribution in [2.24, 2.45) is 4.99 Å². The Kier molecular flexibility index (Phi) is 8.68. The molecular weight excluding hydrogens is 292 g/mol. The Morgan fingerprint density at radius 1 is 1.30 bits per heavy atom. The number of nitrogens with zero attached hydrogens (tertiary/aromatic N) is 1. The Labute approximate surface area is 138 Å². The highest BCUT2D eigenvalue weighted by Gasteiger charge is 2.11. The monoisotopic (exact) mass is 318 g/mol. The van der Waals surface area contributed by atoms with Crippen LogP contribution in [0.5, 0.6) is 5.75 Å². The quantitative estimate of drug-likeness (QED) is 0.785. The van der Waals surface area contributed by atoms with Crippen LogP contribution in [0.15, 0.2) is 28.8 Å². The predicted molar refractivity (Wildman–Crippen MR) is 94.8 cm³/mol. The largest absolute Gasteiger partial charge is 0.497 e. The molecular formula is C18H26N2O3. The molecule has 0 saturated carbocycles. The van der Waals surface area contributed by atoms with Crippen LogP contribution in [-0.2, 0) is 4.79 Å². The number of nitrogens with one attached hydrogen (secondary N) is 1. The van der Waals surface area contributed by atoms with Crippen LogP contribution in [0.1, 0.15) is 38.7 Å². The van der Waals surface area contributed by atoms with Gasteiger partial charge in [-0.05, 0) is 44.1 Å². The van der Waals surface area contributed by atoms with Crippen LogP contribution in [0.4, 0.5) is 5.69 Å². The van der Waals surface area contributed by atoms with Crippen molar-refractivity contribution in [1.82, 2.24) is 5.32 Å². The highest BCUT2D eigenvalue weighted by atomic mass is 16.5. The van der Waals surface area contributed by atoms with Crippen LogP contribution < -0.4 is 10.1 Å². The first-order chi connectivity index (χ1) is 11.1. The zero-order valence-electron chi connectivity index (χ0n) is 14.1. The lowest BCUT2D eigenvalue weighted by Crippen LogP contribution is -2.14. The Hall–Kier alpha value is -2.14. The Bertz CT molecular complexity index is 561. The number of fused-ring (bicyclic) bond motifs is 1. The minimum Gasteiger partial charge on any atom is -0.497 e. The molecule has 0 radical (unpaired) electrons. The van der Waals surface area contributed by atoms with E-state index >= 15 is 0 Å². The van der Waals surface area contributed by atoms with E-state index in [1.807, 2.05) is 0 Å². The summed E-state index contributed by atoms with van der Waals surface area (Å²) < 4.78 is 5.08. The number of benzene rings is 1. The van der Waals surface area contributed by atoms with Gasteiger partial charge in [0, 0.05) is 29.8 Å². The van der Waals surface area contributed by atoms with Gasteiger partial charge in [0.1, 0.15) is 5.75 Å². The molecule has 2 rings (SSSR count). The fourth-order valence-electron chi connectivity index (χ4n) is 2.00. The summed E-state index contributed by atoms with van der Waals surface area (Å²) in [5, 5.41) is 12.2. The normalized spacial score (nSPS) is 12.4. The fourth-order valence-corrected chi connectivity index (χ4v) is 2.00. The van der Waals surface area contributed by atoms with Gasteiger partial charge in [-0.25, -0.2) is 4.79 Å². The van der Waals surface area contributed by atoms with Crippen molar-refractivity contribution in [2.75, 3.05) is 20.2 Å². The summed E-state index contributed by atoms with van der Waals surface area (Å²) in [7, 11) is 1.58. The molecule has 1 heterocycles. The summed E-state index contributed by atoms with van der Waals surface area (Å²) in [6, 6.07) is 5.38. The van der Waals surface area contributed by atoms with Gasteiger partial charge in [-0.1, -0.05) is 13.8 Å². The van der Waals surface area contributed by atoms with Crippen LogP contribution >= 0.6 is 0 Å². The van der Waals surface area contributed by atoms with E-state index in [0.717, 1.165) is 11.3 Å². The molecule has 1 aliphatic rings. The summed E-state index contributed by atoms with van der Waals surface area (Å²) in [5.74, 6) is -0.196. The van der Waals surface area contributed by atoms with E-state index in [1.54, 1.807) is 37.6 Å². The minimum absolute atomic E-state index is 0.340. The van der Waals surface area contributed by atoms with Gasteiger partial charge in [-0.2, -0.15) is 0 Å². The third kappa shape index (κ3) is 6.65. The van der Waals surface area contributed by atoms with Crippen LogP contribution in [0.3, 0.4) is 0 Å². The van der Waals surface area contributed by atoms with Crippen LogP contribution in [0.25, 0.3) is 6.08 Å². The topological polar surface area (TPSA) is 70.9 Å². The highest BCUT2D eigenvalue weighted by molar-refractivity contribution is 5.98. The highest BCUT2D eigenvalue weighted by Crippen LogP contribution is 2.29. The van der Waals surface area contributed by atoms with Crippen molar-refractivity contribution < 1.29 is 14.6 Å². The molecule has 1 aliphatic heterocycles. The Morgan fingerprint density at radius 2 is 2.00 bits per heavy atom. The van der Waals surface area contributed by atoms with E-state index in [2.05, 4.69) is 24.2 Å². The lowest BCUT2D eigenvalue weighted by Gasteiger charge is -2.03. The SMILES string of the molecule is CCCNCCC.COc1ccc2c(c1)N=CCC(C(=O)O)=C2. The molecule has 5 heteroatoms. The number of rotatable bonds is 6. The molecule has 0 saturated heterocycles. The molecule has 0 spiro atoms. The van der Waals surface area contributed by atoms with Crippen LogP contribution in [0.2, 0.25) is 0 Å². The minimum atomic E-state index is -0.907. The molecule has 0 atom stereocenters. The molecule has 2 N–H and O–H groups in total. The zero-order valence-corrected chi connectivity index (χ0v) is 14.1. The molecule has 0 amide bonds. The molecule has 0 fully saturated rings. The molecule has 0 bridgehead atoms. The average molecular weight is 318 g/mol. The third-order valence-corrected chi connectivity index (χ3v) is 3.24. The maximum atomic E-state index is 10.9. The predicted octanol–water partition coefficient (Wildman–Crippen LogP) is 3.67. The van der Waals surface area contributed by atoms with Crippen molar-refractivity contribution >= 4 is 23.9 Å². The van der Waals surface area contributed by atoms with E-state index in [-0.39, 0.29) is 0 Å². The van der Waals surface area contributed by atoms with Crippen molar-refractivity contribution in [3.63, 3.8) is 0 Å². The molecule has 1 aromatic rings. The molecule has 0 aliphatic carbocycles. The summed E-state index contributed by atoms with van der Waals surface area (Å²) in [6.07, 6.45) is 6.08. The molecule has 0 unspecified atom stereocenters. The van der Waals surface area contributed by atoms with Crippen LogP contribution in [-0.4, -0.2) is 37.5 Å². The Balaban J connectivity index is 0.000000322. The van der Waals surface area contributed by atoms with Gasteiger partial charge in [0.2, 0.25) is 0 Å². The molecule has 5 nitrogen and oxygen atoms in total. The van der Waals surface area contributed by atoms with Gasteiger partial charge >= 0.3 is 5.97 Å². The zero-order chi connectivity index (χ0) is 17.1. The summed E-state index contributed by atoms with van der Waals surface area (Å²) in [4.78, 5) is 15.1. The van der Waals surface area contributed by atoms with Gasteiger partial charge in [0.15, 0.2) is 0 Å². The van der Waals surface area contributed by atoms with Crippen molar-refractivity contribution in [3.8, 4) is 5.75 Å². The smallest absolute Gasteiger partial charge is 0.331 e. The first kappa shape index (κ1) is 18.9. The van der Waals surface area contributed by atoms with E-state index < -0.39 is 5.97 Å². The second-order valence-corrected chi connectivity index (χ2v) is 5.17. The third-order valence-electron chi connectivity index (χ3n) is 3.24. The number of carbonyl (C=O) groups is 1. The number of hydrogen-bond donors (Lipinski definition) is 2. The van der Waals surface area contributed by atoms with Crippen molar-refractivity contribution in [3.05, 3.63) is 29.3 Å². The number of aliphatic imine (C=N–C) groups is 1. The molecule has 23 heavy (non-hydrogen) atoms. The van der Waals surface area contributed by atoms with Gasteiger partial charge in [-0.15, -0.1) is 0 Å². The summed E-state index contributed by atoms with van der Waals surface area (Å²) >= 11 is 0. The standard InChI is InChI=1S/C12H11NO3.C6H15N/c1-16-10-3-2-8-6-9(12(14)15)4-5-13-11(8)7-10;1-3-5-7-6-4-2/h2-3,5-7H,4H2,1H3,(H,14,15);7H,3-6H2,1-2H3. The molecule has 0 aromatic heterocycles. The number of methoxy groups -OCH3 is 1. The fraction of sp³-hybridized carbons (Fsp3) is 0.444. The number of carboxylic acids is 1. The maximum absolute atomic E-state index is 10.9. The van der Waals surface area contributed by atoms with Gasteiger partial charge in [-0.3, -0.25) is 4.99 Å². The lowest BCUT2D eigenvalue weighted by atomic mass is 10.1. The number of ether oxygens (including phenoxy) is 1. The number of aliphatic carboxylic acids is 1. The summed E-state index contributed by atoms with van der Waals surface area (Å²) in [6.45, 7) is 6.72. The second kappa shape index (κ2) is 10.6. The number of hydrogen-bond acceptors (Lipinski definition) is 4. The van der Waals surface area contributed by atoms with E-state index in [4.69, 9.17) is 9.84 Å². The average Bonchev–Trinajstić information content (AvgIpc) is 2.77. The lowest BCUT2D eigenvalue weighted by molar-refractivity contribution is -0.132. The van der Waals surface area contributed by atoms with Gasteiger partial charge in [0.25, 0.3) is 0 Å². The summed E-state index contributed by atoms with van der Waals surface area (Å²) in [5.41, 5.74) is 1.87. The second-order valence-electron chi connectivity index (χ2n) is 5.17. The van der Waals surface area contributed by atoms with Crippen molar-refractivity contribution in [1.29, 1.82) is 0 Å². The van der Waals surface area contributed by atoms with E-state index in [0.29, 0.717) is 17.7 Å². The molecule has 126 valence electrons. The van der Waals surface area contributed by atoms with E-state index in [9.17, 15) is 4.79 Å². The van der Waals surface area contributed by atoms with Gasteiger partial charge < -0.3 is 15.2 Å². The number of carboxylic acid groups (broad SMARTS) is 1. The van der Waals surface area contributed by atoms with E-state index in [1.165, 1.54) is 25.9 Å². The maximum Gasteiger partial charge on any atom is 0.331 e. The van der Waals surface area contributed by atoms with Gasteiger partial charge in [0.05, 0.1) is 12.8 Å². The first-order valence-electron chi connectivity index (χ1n) is 7.97. The van der Waals surface area contributed by atoms with Crippen molar-refractivity contribution in [2.45, 2.75) is 33.1 Å². The molecule has 1 aromatic carbocycles.